The maximum atomic E-state index is 13.5. The Morgan fingerprint density at radius 1 is 1.10 bits per heavy atom. The van der Waals surface area contributed by atoms with Gasteiger partial charge in [0.2, 0.25) is 5.91 Å². The lowest BCUT2D eigenvalue weighted by molar-refractivity contribution is -0.114. The van der Waals surface area contributed by atoms with Gasteiger partial charge >= 0.3 is 0 Å². The number of hydrogen-bond donors (Lipinski definition) is 2. The smallest absolute Gasteiger partial charge is 0.270 e. The van der Waals surface area contributed by atoms with Crippen molar-refractivity contribution in [1.29, 1.82) is 0 Å². The molecule has 0 aliphatic heterocycles. The molecule has 0 saturated carbocycles. The van der Waals surface area contributed by atoms with Crippen molar-refractivity contribution in [1.82, 2.24) is 15.4 Å². The Balaban J connectivity index is 2.03. The maximum Gasteiger partial charge on any atom is 0.270 e. The first kappa shape index (κ1) is 20.6. The molecule has 0 aliphatic rings. The van der Waals surface area contributed by atoms with Crippen LogP contribution in [0.15, 0.2) is 33.7 Å². The number of amides is 1. The van der Waals surface area contributed by atoms with E-state index in [1.165, 1.54) is 6.92 Å². The normalized spacial score (nSPS) is 11.5. The number of nitrogens with one attached hydrogen (secondary N) is 2. The highest BCUT2D eigenvalue weighted by atomic mass is 32.2. The predicted octanol–water partition coefficient (Wildman–Crippen LogP) is 2.77. The minimum atomic E-state index is -4.10. The van der Waals surface area contributed by atoms with Crippen LogP contribution in [0.4, 0.5) is 11.5 Å². The van der Waals surface area contributed by atoms with Crippen LogP contribution in [0.5, 0.6) is 0 Å². The molecule has 29 heavy (non-hydrogen) atoms. The molecule has 0 fully saturated rings. The molecule has 2 aromatic heterocycles. The monoisotopic (exact) mass is 417 g/mol. The Morgan fingerprint density at radius 2 is 1.76 bits per heavy atom. The molecule has 2 N–H and O–H groups in total. The second-order valence-electron chi connectivity index (χ2n) is 7.00. The van der Waals surface area contributed by atoms with Crippen LogP contribution in [0.2, 0.25) is 0 Å². The Hall–Kier alpha value is -3.14. The molecule has 0 unspecified atom stereocenters. The van der Waals surface area contributed by atoms with Crippen molar-refractivity contribution in [3.05, 3.63) is 52.5 Å². The number of benzene rings is 1. The third-order valence-corrected chi connectivity index (χ3v) is 6.29. The van der Waals surface area contributed by atoms with E-state index in [0.29, 0.717) is 11.5 Å². The summed E-state index contributed by atoms with van der Waals surface area (Å²) >= 11 is 0. The molecule has 0 saturated heterocycles. The van der Waals surface area contributed by atoms with Crippen LogP contribution >= 0.6 is 0 Å². The summed E-state index contributed by atoms with van der Waals surface area (Å²) in [5, 5.41) is 13.0. The molecule has 154 valence electrons. The first-order valence-electron chi connectivity index (χ1n) is 8.93. The standard InChI is InChI=1S/C19H23N5O4S/c1-11-6-12(2)8-16(7-11)24(10-18(25)20-17-9-13(3)21-22-17)29(26,27)19-14(4)23-28-15(19)5/h6-9H,10H2,1-5H3,(H2,20,21,22,25). The molecule has 0 atom stereocenters. The van der Waals surface area contributed by atoms with Crippen LogP contribution in [-0.2, 0) is 14.8 Å². The minimum Gasteiger partial charge on any atom is -0.360 e. The van der Waals surface area contributed by atoms with Crippen molar-refractivity contribution in [3.8, 4) is 0 Å². The Bertz CT molecular complexity index is 1120. The summed E-state index contributed by atoms with van der Waals surface area (Å²) in [6, 6.07) is 7.02. The molecule has 0 bridgehead atoms. The van der Waals surface area contributed by atoms with Crippen molar-refractivity contribution in [2.45, 2.75) is 39.5 Å². The van der Waals surface area contributed by atoms with Crippen LogP contribution in [0.1, 0.15) is 28.3 Å². The third-order valence-electron chi connectivity index (χ3n) is 4.27. The van der Waals surface area contributed by atoms with E-state index in [-0.39, 0.29) is 16.3 Å². The summed E-state index contributed by atoms with van der Waals surface area (Å²) in [5.74, 6) is -0.0335. The largest absolute Gasteiger partial charge is 0.360 e. The Kier molecular flexibility index (Phi) is 5.47. The summed E-state index contributed by atoms with van der Waals surface area (Å²) in [5.41, 5.74) is 3.15. The molecular formula is C19H23N5O4S. The zero-order valence-electron chi connectivity index (χ0n) is 16.9. The second kappa shape index (κ2) is 7.70. The summed E-state index contributed by atoms with van der Waals surface area (Å²) in [6.45, 7) is 8.18. The van der Waals surface area contributed by atoms with Gasteiger partial charge < -0.3 is 9.84 Å². The van der Waals surface area contributed by atoms with Gasteiger partial charge in [0.05, 0.1) is 5.69 Å². The van der Waals surface area contributed by atoms with Crippen molar-refractivity contribution in [2.24, 2.45) is 0 Å². The lowest BCUT2D eigenvalue weighted by atomic mass is 10.1. The zero-order chi connectivity index (χ0) is 21.3. The highest BCUT2D eigenvalue weighted by Gasteiger charge is 2.33. The number of aryl methyl sites for hydroxylation is 5. The van der Waals surface area contributed by atoms with E-state index in [1.807, 2.05) is 19.9 Å². The van der Waals surface area contributed by atoms with E-state index in [9.17, 15) is 13.2 Å². The molecule has 2 heterocycles. The van der Waals surface area contributed by atoms with E-state index < -0.39 is 22.5 Å². The number of aromatic amines is 1. The molecule has 10 heteroatoms. The number of aromatic nitrogens is 3. The van der Waals surface area contributed by atoms with Crippen molar-refractivity contribution in [2.75, 3.05) is 16.2 Å². The topological polar surface area (TPSA) is 121 Å². The fraction of sp³-hybridized carbons (Fsp3) is 0.316. The molecule has 0 radical (unpaired) electrons. The van der Waals surface area contributed by atoms with Gasteiger partial charge in [0.1, 0.15) is 12.2 Å². The lowest BCUT2D eigenvalue weighted by Gasteiger charge is -2.24. The number of anilines is 2. The summed E-state index contributed by atoms with van der Waals surface area (Å²) in [7, 11) is -4.10. The second-order valence-corrected chi connectivity index (χ2v) is 8.79. The molecular weight excluding hydrogens is 394 g/mol. The Morgan fingerprint density at radius 3 is 2.28 bits per heavy atom. The van der Waals surface area contributed by atoms with E-state index >= 15 is 0 Å². The highest BCUT2D eigenvalue weighted by Crippen LogP contribution is 2.29. The van der Waals surface area contributed by atoms with Crippen molar-refractivity contribution < 1.29 is 17.7 Å². The van der Waals surface area contributed by atoms with Gasteiger partial charge in [-0.25, -0.2) is 8.42 Å². The number of nitrogens with zero attached hydrogens (tertiary/aromatic N) is 3. The highest BCUT2D eigenvalue weighted by molar-refractivity contribution is 7.93. The number of hydrogen-bond acceptors (Lipinski definition) is 6. The van der Waals surface area contributed by atoms with Gasteiger partial charge in [0.25, 0.3) is 10.0 Å². The molecule has 3 aromatic rings. The number of sulfonamides is 1. The van der Waals surface area contributed by atoms with Crippen LogP contribution in [-0.4, -0.2) is 36.2 Å². The number of H-pyrrole nitrogens is 1. The van der Waals surface area contributed by atoms with Gasteiger partial charge in [-0.05, 0) is 57.9 Å². The SMILES string of the molecule is Cc1cc(C)cc(N(CC(=O)Nc2cc(C)[nH]n2)S(=O)(=O)c2c(C)noc2C)c1. The summed E-state index contributed by atoms with van der Waals surface area (Å²) in [4.78, 5) is 12.6. The average Bonchev–Trinajstić information content (AvgIpc) is 3.16. The van der Waals surface area contributed by atoms with Crippen LogP contribution in [0.3, 0.4) is 0 Å². The predicted molar refractivity (Wildman–Crippen MR) is 108 cm³/mol. The summed E-state index contributed by atoms with van der Waals surface area (Å²) in [6.07, 6.45) is 0. The fourth-order valence-corrected chi connectivity index (χ4v) is 4.86. The summed E-state index contributed by atoms with van der Waals surface area (Å²) < 4.78 is 33.1. The molecule has 1 aromatic carbocycles. The first-order valence-corrected chi connectivity index (χ1v) is 10.4. The average molecular weight is 417 g/mol. The van der Waals surface area contributed by atoms with Gasteiger partial charge in [-0.15, -0.1) is 0 Å². The van der Waals surface area contributed by atoms with E-state index in [4.69, 9.17) is 4.52 Å². The lowest BCUT2D eigenvalue weighted by Crippen LogP contribution is -2.38. The number of carbonyl (C=O) groups is 1. The molecule has 1 amide bonds. The molecule has 3 rings (SSSR count). The first-order chi connectivity index (χ1) is 13.6. The van der Waals surface area contributed by atoms with Crippen LogP contribution in [0.25, 0.3) is 0 Å². The number of carbonyl (C=O) groups excluding carboxylic acids is 1. The van der Waals surface area contributed by atoms with Crippen molar-refractivity contribution in [3.63, 3.8) is 0 Å². The van der Waals surface area contributed by atoms with Gasteiger partial charge in [0.15, 0.2) is 16.5 Å². The van der Waals surface area contributed by atoms with Gasteiger partial charge in [-0.2, -0.15) is 5.10 Å². The van der Waals surface area contributed by atoms with Gasteiger partial charge in [0, 0.05) is 11.8 Å². The van der Waals surface area contributed by atoms with Gasteiger partial charge in [-0.3, -0.25) is 14.2 Å². The van der Waals surface area contributed by atoms with E-state index in [1.54, 1.807) is 32.0 Å². The maximum absolute atomic E-state index is 13.5. The third kappa shape index (κ3) is 4.32. The minimum absolute atomic E-state index is 0.0416. The Labute approximate surface area is 169 Å². The zero-order valence-corrected chi connectivity index (χ0v) is 17.7. The quantitative estimate of drug-likeness (QED) is 0.636. The molecule has 9 nitrogen and oxygen atoms in total. The van der Waals surface area contributed by atoms with Gasteiger partial charge in [-0.1, -0.05) is 11.2 Å². The van der Waals surface area contributed by atoms with Crippen LogP contribution in [0, 0.1) is 34.6 Å². The number of rotatable bonds is 6. The van der Waals surface area contributed by atoms with Crippen molar-refractivity contribution >= 4 is 27.4 Å². The van der Waals surface area contributed by atoms with E-state index in [0.717, 1.165) is 21.1 Å². The molecule has 0 spiro atoms. The van der Waals surface area contributed by atoms with Crippen LogP contribution < -0.4 is 9.62 Å². The van der Waals surface area contributed by atoms with E-state index in [2.05, 4.69) is 20.7 Å². The molecule has 0 aliphatic carbocycles. The fourth-order valence-electron chi connectivity index (χ4n) is 3.16.